The number of fused-ring (bicyclic) bond motifs is 1. The molecule has 4 aromatic rings. The van der Waals surface area contributed by atoms with E-state index in [1.54, 1.807) is 57.4 Å². The molecule has 0 radical (unpaired) electrons. The summed E-state index contributed by atoms with van der Waals surface area (Å²) in [5.41, 5.74) is 1.72. The van der Waals surface area contributed by atoms with Crippen LogP contribution in [0.5, 0.6) is 5.75 Å². The predicted octanol–water partition coefficient (Wildman–Crippen LogP) is 3.12. The first-order chi connectivity index (χ1) is 19.2. The van der Waals surface area contributed by atoms with Crippen LogP contribution in [0, 0.1) is 15.9 Å². The van der Waals surface area contributed by atoms with E-state index in [-0.39, 0.29) is 28.7 Å². The number of allylic oxidation sites excluding steroid dienone is 1. The van der Waals surface area contributed by atoms with Gasteiger partial charge in [-0.05, 0) is 61.9 Å². The number of rotatable bonds is 7. The van der Waals surface area contributed by atoms with Crippen molar-refractivity contribution in [3.8, 4) is 17.0 Å². The molecule has 2 aromatic carbocycles. The number of carbonyl (C=O) groups is 1. The van der Waals surface area contributed by atoms with Crippen LogP contribution in [-0.2, 0) is 9.53 Å². The summed E-state index contributed by atoms with van der Waals surface area (Å²) in [6, 6.07) is 12.7. The molecule has 0 fully saturated rings. The molecule has 2 aromatic heterocycles. The van der Waals surface area contributed by atoms with E-state index in [2.05, 4.69) is 15.0 Å². The number of H-pyrrole nitrogens is 2. The van der Waals surface area contributed by atoms with E-state index in [9.17, 15) is 24.1 Å². The van der Waals surface area contributed by atoms with Crippen LogP contribution in [0.1, 0.15) is 31.1 Å². The summed E-state index contributed by atoms with van der Waals surface area (Å²) < 4.78 is 25.5. The molecule has 0 aliphatic carbocycles. The van der Waals surface area contributed by atoms with Gasteiger partial charge in [0.1, 0.15) is 16.9 Å². The minimum Gasteiger partial charge on any atom is -0.497 e. The largest absolute Gasteiger partial charge is 0.497 e. The van der Waals surface area contributed by atoms with E-state index in [1.807, 2.05) is 0 Å². The Morgan fingerprint density at radius 3 is 2.60 bits per heavy atom. The van der Waals surface area contributed by atoms with Gasteiger partial charge in [-0.3, -0.25) is 19.5 Å². The molecule has 40 heavy (non-hydrogen) atoms. The van der Waals surface area contributed by atoms with Crippen molar-refractivity contribution in [1.29, 1.82) is 0 Å². The topological polar surface area (TPSA) is 145 Å². The van der Waals surface area contributed by atoms with Crippen molar-refractivity contribution in [2.24, 2.45) is 4.99 Å². The lowest BCUT2D eigenvalue weighted by molar-refractivity contribution is -0.384. The number of hydrogen-bond acceptors (Lipinski definition) is 7. The molecule has 3 heterocycles. The van der Waals surface area contributed by atoms with E-state index in [0.717, 1.165) is 12.1 Å². The number of nitro groups is 1. The van der Waals surface area contributed by atoms with Crippen molar-refractivity contribution in [1.82, 2.24) is 14.5 Å². The zero-order valence-electron chi connectivity index (χ0n) is 21.7. The monoisotopic (exact) mass is 545 g/mol. The first-order valence-corrected chi connectivity index (χ1v) is 12.3. The quantitative estimate of drug-likeness (QED) is 0.207. The summed E-state index contributed by atoms with van der Waals surface area (Å²) in [7, 11) is 1.54. The van der Waals surface area contributed by atoms with Crippen LogP contribution in [-0.4, -0.2) is 39.1 Å². The number of esters is 1. The highest BCUT2D eigenvalue weighted by Gasteiger charge is 2.33. The first kappa shape index (κ1) is 26.4. The Hall–Kier alpha value is -5.26. The Morgan fingerprint density at radius 2 is 1.93 bits per heavy atom. The average molecular weight is 546 g/mol. The van der Waals surface area contributed by atoms with Gasteiger partial charge in [0.05, 0.1) is 53.3 Å². The number of benzene rings is 2. The van der Waals surface area contributed by atoms with Crippen molar-refractivity contribution < 1.29 is 23.6 Å². The fourth-order valence-corrected chi connectivity index (χ4v) is 4.69. The summed E-state index contributed by atoms with van der Waals surface area (Å²) in [6.07, 6.45) is 1.53. The smallest absolute Gasteiger partial charge is 0.338 e. The van der Waals surface area contributed by atoms with Gasteiger partial charge in [-0.2, -0.15) is 0 Å². The number of halogens is 1. The fourth-order valence-electron chi connectivity index (χ4n) is 4.69. The molecule has 5 rings (SSSR count). The second kappa shape index (κ2) is 10.5. The minimum absolute atomic E-state index is 0.153. The number of carbonyl (C=O) groups excluding carboxylic acids is 1. The Balaban J connectivity index is 1.63. The maximum Gasteiger partial charge on any atom is 0.338 e. The van der Waals surface area contributed by atoms with E-state index < -0.39 is 34.0 Å². The fraction of sp³-hybridized carbons (Fsp3) is 0.179. The van der Waals surface area contributed by atoms with Crippen molar-refractivity contribution >= 4 is 17.7 Å². The summed E-state index contributed by atoms with van der Waals surface area (Å²) in [5, 5.41) is 11.6. The second-order valence-electron chi connectivity index (χ2n) is 8.93. The molecule has 1 atom stereocenters. The van der Waals surface area contributed by atoms with Gasteiger partial charge in [0.15, 0.2) is 0 Å². The SMILES string of the molecule is CCOC(=O)C1=C(C)N=c2[nH]c(=Cc3ccc(-c4ccc(F)cc4[N+](=O)[O-])[nH]3)c(=O)n2C1c1ccc(OC)cc1. The molecular weight excluding hydrogens is 521 g/mol. The molecule has 0 spiro atoms. The van der Waals surface area contributed by atoms with Gasteiger partial charge in [0.25, 0.3) is 11.2 Å². The van der Waals surface area contributed by atoms with Gasteiger partial charge < -0.3 is 19.4 Å². The van der Waals surface area contributed by atoms with Gasteiger partial charge in [0.2, 0.25) is 5.62 Å². The number of aromatic amines is 2. The minimum atomic E-state index is -0.815. The van der Waals surface area contributed by atoms with Gasteiger partial charge in [-0.15, -0.1) is 0 Å². The van der Waals surface area contributed by atoms with Crippen molar-refractivity contribution in [2.75, 3.05) is 13.7 Å². The number of nitrogens with one attached hydrogen (secondary N) is 2. The molecule has 0 saturated carbocycles. The third-order valence-electron chi connectivity index (χ3n) is 6.50. The third-order valence-corrected chi connectivity index (χ3v) is 6.50. The van der Waals surface area contributed by atoms with Crippen LogP contribution >= 0.6 is 0 Å². The van der Waals surface area contributed by atoms with Crippen molar-refractivity contribution in [3.05, 3.63) is 114 Å². The van der Waals surface area contributed by atoms with Crippen LogP contribution in [0.25, 0.3) is 17.3 Å². The summed E-state index contributed by atoms with van der Waals surface area (Å²) >= 11 is 0. The van der Waals surface area contributed by atoms with E-state index in [0.29, 0.717) is 28.4 Å². The lowest BCUT2D eigenvalue weighted by atomic mass is 9.96. The molecule has 1 aliphatic rings. The lowest BCUT2D eigenvalue weighted by Gasteiger charge is -2.24. The maximum atomic E-state index is 13.7. The Bertz CT molecular complexity index is 1850. The Morgan fingerprint density at radius 1 is 1.18 bits per heavy atom. The molecule has 204 valence electrons. The van der Waals surface area contributed by atoms with Gasteiger partial charge >= 0.3 is 5.97 Å². The highest BCUT2D eigenvalue weighted by atomic mass is 19.1. The number of nitro benzene ring substituents is 1. The zero-order valence-corrected chi connectivity index (χ0v) is 21.7. The van der Waals surface area contributed by atoms with E-state index >= 15 is 0 Å². The maximum absolute atomic E-state index is 13.7. The highest BCUT2D eigenvalue weighted by Crippen LogP contribution is 2.32. The number of nitrogens with zero attached hydrogens (tertiary/aromatic N) is 3. The molecule has 1 aliphatic heterocycles. The molecular formula is C28H24FN5O6. The molecule has 0 saturated heterocycles. The zero-order chi connectivity index (χ0) is 28.6. The van der Waals surface area contributed by atoms with Crippen LogP contribution < -0.4 is 21.3 Å². The molecule has 0 amide bonds. The van der Waals surface area contributed by atoms with Gasteiger partial charge in [-0.1, -0.05) is 12.1 Å². The average Bonchev–Trinajstić information content (AvgIpc) is 3.52. The third kappa shape index (κ3) is 4.70. The second-order valence-corrected chi connectivity index (χ2v) is 8.93. The number of hydrogen-bond donors (Lipinski definition) is 2. The normalized spacial score (nSPS) is 15.0. The summed E-state index contributed by atoms with van der Waals surface area (Å²) in [5.74, 6) is -0.689. The molecule has 11 nitrogen and oxygen atoms in total. The molecule has 12 heteroatoms. The molecule has 2 N–H and O–H groups in total. The van der Waals surface area contributed by atoms with Crippen molar-refractivity contribution in [3.63, 3.8) is 0 Å². The van der Waals surface area contributed by atoms with Crippen LogP contribution in [0.15, 0.2) is 75.7 Å². The summed E-state index contributed by atoms with van der Waals surface area (Å²) in [6.45, 7) is 3.52. The number of aromatic nitrogens is 3. The van der Waals surface area contributed by atoms with Gasteiger partial charge in [0, 0.05) is 5.69 Å². The number of imidazole rings is 1. The molecule has 1 unspecified atom stereocenters. The Labute approximate surface area is 226 Å². The Kier molecular flexibility index (Phi) is 6.91. The van der Waals surface area contributed by atoms with Crippen LogP contribution in [0.3, 0.4) is 0 Å². The first-order valence-electron chi connectivity index (χ1n) is 12.3. The number of methoxy groups -OCH3 is 1. The number of ether oxygens (including phenoxy) is 2. The van der Waals surface area contributed by atoms with E-state index in [1.165, 1.54) is 16.7 Å². The van der Waals surface area contributed by atoms with Gasteiger partial charge in [-0.25, -0.2) is 14.2 Å². The molecule has 0 bridgehead atoms. The highest BCUT2D eigenvalue weighted by molar-refractivity contribution is 5.91. The lowest BCUT2D eigenvalue weighted by Crippen LogP contribution is -2.40. The van der Waals surface area contributed by atoms with Crippen LogP contribution in [0.4, 0.5) is 10.1 Å². The predicted molar refractivity (Wildman–Crippen MR) is 143 cm³/mol. The summed E-state index contributed by atoms with van der Waals surface area (Å²) in [4.78, 5) is 48.0. The van der Waals surface area contributed by atoms with Crippen LogP contribution in [0.2, 0.25) is 0 Å². The van der Waals surface area contributed by atoms with E-state index in [4.69, 9.17) is 9.47 Å². The van der Waals surface area contributed by atoms with Crippen molar-refractivity contribution in [2.45, 2.75) is 19.9 Å². The standard InChI is InChI=1S/C28H24FN5O6/c1-4-40-27(36)24-15(2)30-28-32-22(26(35)33(28)25(24)16-5-9-19(39-3)10-6-16)14-18-8-12-21(31-18)20-11-7-17(29)13-23(20)34(37)38/h5-14,25,31H,4H2,1-3H3,(H,30,32).